The molecule has 0 bridgehead atoms. The van der Waals surface area contributed by atoms with Gasteiger partial charge in [0.2, 0.25) is 0 Å². The van der Waals surface area contributed by atoms with E-state index in [9.17, 15) is 5.11 Å². The lowest BCUT2D eigenvalue weighted by molar-refractivity contribution is 0.478. The SMILES string of the molecule is Cc1cc2cc(O)c(N)cc2o1. The number of phenolic OH excluding ortho intramolecular Hbond substituents is 1. The molecule has 3 N–H and O–H groups in total. The summed E-state index contributed by atoms with van der Waals surface area (Å²) in [6, 6.07) is 5.08. The first kappa shape index (κ1) is 7.03. The fourth-order valence-corrected chi connectivity index (χ4v) is 1.22. The van der Waals surface area contributed by atoms with Gasteiger partial charge in [-0.2, -0.15) is 0 Å². The number of hydrogen-bond donors (Lipinski definition) is 2. The van der Waals surface area contributed by atoms with Crippen LogP contribution in [0.5, 0.6) is 5.75 Å². The molecule has 0 amide bonds. The molecular formula is C9H9NO2. The van der Waals surface area contributed by atoms with E-state index in [0.29, 0.717) is 11.3 Å². The monoisotopic (exact) mass is 163 g/mol. The number of hydrogen-bond acceptors (Lipinski definition) is 3. The highest BCUT2D eigenvalue weighted by atomic mass is 16.3. The molecule has 62 valence electrons. The number of rotatable bonds is 0. The Bertz CT molecular complexity index is 392. The average Bonchev–Trinajstić information content (AvgIpc) is 2.30. The van der Waals surface area contributed by atoms with E-state index in [1.54, 1.807) is 12.1 Å². The lowest BCUT2D eigenvalue weighted by Gasteiger charge is -1.96. The van der Waals surface area contributed by atoms with Gasteiger partial charge >= 0.3 is 0 Å². The van der Waals surface area contributed by atoms with E-state index in [0.717, 1.165) is 11.1 Å². The predicted molar refractivity (Wildman–Crippen MR) is 47.0 cm³/mol. The molecule has 1 heterocycles. The molecule has 1 aromatic carbocycles. The average molecular weight is 163 g/mol. The van der Waals surface area contributed by atoms with Crippen LogP contribution in [-0.2, 0) is 0 Å². The first-order valence-electron chi connectivity index (χ1n) is 3.65. The lowest BCUT2D eigenvalue weighted by Crippen LogP contribution is -1.83. The summed E-state index contributed by atoms with van der Waals surface area (Å²) >= 11 is 0. The van der Waals surface area contributed by atoms with Gasteiger partial charge in [-0.1, -0.05) is 0 Å². The van der Waals surface area contributed by atoms with Gasteiger partial charge in [0.05, 0.1) is 5.69 Å². The molecule has 0 spiro atoms. The number of anilines is 1. The third-order valence-electron chi connectivity index (χ3n) is 1.79. The van der Waals surface area contributed by atoms with Crippen LogP contribution in [0.25, 0.3) is 11.0 Å². The van der Waals surface area contributed by atoms with Crippen LogP contribution in [0.2, 0.25) is 0 Å². The predicted octanol–water partition coefficient (Wildman–Crippen LogP) is 2.03. The maximum absolute atomic E-state index is 9.26. The Morgan fingerprint density at radius 2 is 2.08 bits per heavy atom. The third kappa shape index (κ3) is 0.906. The number of furan rings is 1. The topological polar surface area (TPSA) is 59.4 Å². The third-order valence-corrected chi connectivity index (χ3v) is 1.79. The van der Waals surface area contributed by atoms with Gasteiger partial charge in [-0.15, -0.1) is 0 Å². The van der Waals surface area contributed by atoms with Crippen LogP contribution in [0, 0.1) is 6.92 Å². The Morgan fingerprint density at radius 3 is 2.83 bits per heavy atom. The number of nitrogen functional groups attached to an aromatic ring is 1. The van der Waals surface area contributed by atoms with E-state index in [2.05, 4.69) is 0 Å². The summed E-state index contributed by atoms with van der Waals surface area (Å²) in [6.45, 7) is 1.85. The van der Waals surface area contributed by atoms with E-state index in [1.807, 2.05) is 13.0 Å². The molecular weight excluding hydrogens is 154 g/mol. The molecule has 0 radical (unpaired) electrons. The quantitative estimate of drug-likeness (QED) is 0.461. The number of nitrogens with two attached hydrogens (primary N) is 1. The van der Waals surface area contributed by atoms with Gasteiger partial charge in [0.25, 0.3) is 0 Å². The molecule has 2 aromatic rings. The second-order valence-electron chi connectivity index (χ2n) is 2.81. The van der Waals surface area contributed by atoms with Crippen molar-refractivity contribution < 1.29 is 9.52 Å². The van der Waals surface area contributed by atoms with Gasteiger partial charge in [-0.3, -0.25) is 0 Å². The van der Waals surface area contributed by atoms with Crippen LogP contribution >= 0.6 is 0 Å². The van der Waals surface area contributed by atoms with Crippen LogP contribution in [0.4, 0.5) is 5.69 Å². The first-order chi connectivity index (χ1) is 5.66. The minimum absolute atomic E-state index is 0.100. The second kappa shape index (κ2) is 2.17. The van der Waals surface area contributed by atoms with Crippen LogP contribution in [0.15, 0.2) is 22.6 Å². The van der Waals surface area contributed by atoms with Crippen molar-refractivity contribution in [1.29, 1.82) is 0 Å². The number of aromatic hydroxyl groups is 1. The smallest absolute Gasteiger partial charge is 0.139 e. The fraction of sp³-hybridized carbons (Fsp3) is 0.111. The minimum Gasteiger partial charge on any atom is -0.506 e. The van der Waals surface area contributed by atoms with E-state index in [-0.39, 0.29) is 5.75 Å². The Labute approximate surface area is 69.4 Å². The maximum Gasteiger partial charge on any atom is 0.139 e. The molecule has 3 nitrogen and oxygen atoms in total. The largest absolute Gasteiger partial charge is 0.506 e. The Kier molecular flexibility index (Phi) is 1.27. The van der Waals surface area contributed by atoms with Crippen molar-refractivity contribution in [3.05, 3.63) is 24.0 Å². The normalized spacial score (nSPS) is 10.8. The second-order valence-corrected chi connectivity index (χ2v) is 2.81. The highest BCUT2D eigenvalue weighted by molar-refractivity contribution is 5.84. The van der Waals surface area contributed by atoms with Gasteiger partial charge in [-0.25, -0.2) is 0 Å². The molecule has 2 rings (SSSR count). The van der Waals surface area contributed by atoms with E-state index in [1.165, 1.54) is 0 Å². The van der Waals surface area contributed by atoms with Crippen molar-refractivity contribution in [2.24, 2.45) is 0 Å². The molecule has 0 aliphatic heterocycles. The van der Waals surface area contributed by atoms with Crippen molar-refractivity contribution >= 4 is 16.7 Å². The Morgan fingerprint density at radius 1 is 1.33 bits per heavy atom. The van der Waals surface area contributed by atoms with Crippen LogP contribution in [-0.4, -0.2) is 5.11 Å². The highest BCUT2D eigenvalue weighted by Gasteiger charge is 2.03. The lowest BCUT2D eigenvalue weighted by atomic mass is 10.2. The molecule has 0 aliphatic rings. The van der Waals surface area contributed by atoms with Gasteiger partial charge in [-0.05, 0) is 19.1 Å². The number of phenols is 1. The number of fused-ring (bicyclic) bond motifs is 1. The van der Waals surface area contributed by atoms with Gasteiger partial charge in [0.1, 0.15) is 17.1 Å². The highest BCUT2D eigenvalue weighted by Crippen LogP contribution is 2.28. The van der Waals surface area contributed by atoms with Crippen LogP contribution in [0.3, 0.4) is 0 Å². The molecule has 3 heteroatoms. The minimum atomic E-state index is 0.100. The van der Waals surface area contributed by atoms with Crippen LogP contribution in [0.1, 0.15) is 5.76 Å². The van der Waals surface area contributed by atoms with Crippen LogP contribution < -0.4 is 5.73 Å². The maximum atomic E-state index is 9.26. The molecule has 0 fully saturated rings. The molecule has 1 aromatic heterocycles. The molecule has 0 unspecified atom stereocenters. The summed E-state index contributed by atoms with van der Waals surface area (Å²) in [5.41, 5.74) is 6.54. The first-order valence-corrected chi connectivity index (χ1v) is 3.65. The molecule has 0 saturated heterocycles. The standard InChI is InChI=1S/C9H9NO2/c1-5-2-6-3-8(11)7(10)4-9(6)12-5/h2-4,11H,10H2,1H3. The van der Waals surface area contributed by atoms with Gasteiger partial charge in [0, 0.05) is 11.5 Å². The molecule has 0 saturated carbocycles. The summed E-state index contributed by atoms with van der Waals surface area (Å²) in [4.78, 5) is 0. The van der Waals surface area contributed by atoms with Crippen molar-refractivity contribution in [1.82, 2.24) is 0 Å². The number of benzene rings is 1. The van der Waals surface area contributed by atoms with E-state index in [4.69, 9.17) is 10.2 Å². The van der Waals surface area contributed by atoms with Crippen molar-refractivity contribution in [2.45, 2.75) is 6.92 Å². The van der Waals surface area contributed by atoms with E-state index < -0.39 is 0 Å². The fourth-order valence-electron chi connectivity index (χ4n) is 1.22. The Hall–Kier alpha value is -1.64. The zero-order valence-corrected chi connectivity index (χ0v) is 6.66. The van der Waals surface area contributed by atoms with Crippen molar-refractivity contribution in [3.8, 4) is 5.75 Å². The summed E-state index contributed by atoms with van der Waals surface area (Å²) in [5.74, 6) is 0.915. The molecule has 0 atom stereocenters. The zero-order chi connectivity index (χ0) is 8.72. The van der Waals surface area contributed by atoms with Crippen molar-refractivity contribution in [2.75, 3.05) is 5.73 Å². The molecule has 0 aliphatic carbocycles. The number of aryl methyl sites for hydroxylation is 1. The summed E-state index contributed by atoms with van der Waals surface area (Å²) in [7, 11) is 0. The van der Waals surface area contributed by atoms with E-state index >= 15 is 0 Å². The van der Waals surface area contributed by atoms with Gasteiger partial charge in [0.15, 0.2) is 0 Å². The summed E-state index contributed by atoms with van der Waals surface area (Å²) in [6.07, 6.45) is 0. The summed E-state index contributed by atoms with van der Waals surface area (Å²) < 4.78 is 5.31. The summed E-state index contributed by atoms with van der Waals surface area (Å²) in [5, 5.41) is 10.1. The van der Waals surface area contributed by atoms with Crippen molar-refractivity contribution in [3.63, 3.8) is 0 Å². The molecule has 12 heavy (non-hydrogen) atoms. The zero-order valence-electron chi connectivity index (χ0n) is 6.66. The Balaban J connectivity index is 2.83. The van der Waals surface area contributed by atoms with Gasteiger partial charge < -0.3 is 15.3 Å².